The van der Waals surface area contributed by atoms with E-state index in [1.165, 1.54) is 4.90 Å². The Morgan fingerprint density at radius 2 is 2.11 bits per heavy atom. The number of nitrogens with zero attached hydrogens (tertiary/aromatic N) is 4. The van der Waals surface area contributed by atoms with Crippen LogP contribution in [0.5, 0.6) is 0 Å². The summed E-state index contributed by atoms with van der Waals surface area (Å²) in [5.74, 6) is -0.590. The van der Waals surface area contributed by atoms with Gasteiger partial charge in [0, 0.05) is 19.7 Å². The van der Waals surface area contributed by atoms with E-state index in [2.05, 4.69) is 9.82 Å². The molecular weight excluding hydrogens is 373 g/mol. The van der Waals surface area contributed by atoms with Crippen LogP contribution in [-0.2, 0) is 21.9 Å². The van der Waals surface area contributed by atoms with Crippen molar-refractivity contribution in [3.8, 4) is 6.07 Å². The zero-order valence-electron chi connectivity index (χ0n) is 14.8. The fourth-order valence-electron chi connectivity index (χ4n) is 3.07. The predicted molar refractivity (Wildman–Crippen MR) is 94.8 cm³/mol. The first kappa shape index (κ1) is 19.0. The number of hydrogen-bond acceptors (Lipinski definition) is 5. The first-order chi connectivity index (χ1) is 12.7. The quantitative estimate of drug-likeness (QED) is 0.843. The Labute approximate surface area is 156 Å². The number of halogens is 1. The number of aryl methyl sites for hydroxylation is 2. The topological polar surface area (TPSA) is 108 Å². The minimum absolute atomic E-state index is 0.262. The molecule has 2 heterocycles. The molecule has 0 aliphatic carbocycles. The first-order valence-electron chi connectivity index (χ1n) is 8.27. The molecule has 8 nitrogen and oxygen atoms in total. The average Bonchev–Trinajstić information content (AvgIpc) is 2.95. The summed E-state index contributed by atoms with van der Waals surface area (Å²) in [7, 11) is -2.38. The molecule has 3 rings (SSSR count). The average molecular weight is 391 g/mol. The summed E-state index contributed by atoms with van der Waals surface area (Å²) < 4.78 is 42.6. The van der Waals surface area contributed by atoms with Crippen molar-refractivity contribution in [3.05, 3.63) is 41.3 Å². The van der Waals surface area contributed by atoms with Crippen molar-refractivity contribution in [3.63, 3.8) is 0 Å². The highest BCUT2D eigenvalue weighted by molar-refractivity contribution is 7.89. The molecule has 0 unspecified atom stereocenters. The van der Waals surface area contributed by atoms with Gasteiger partial charge in [-0.1, -0.05) is 0 Å². The van der Waals surface area contributed by atoms with Crippen LogP contribution in [0.3, 0.4) is 0 Å². The van der Waals surface area contributed by atoms with E-state index < -0.39 is 21.9 Å². The molecule has 1 aliphatic heterocycles. The third-order valence-corrected chi connectivity index (χ3v) is 5.83. The molecule has 1 fully saturated rings. The second-order valence-electron chi connectivity index (χ2n) is 6.33. The highest BCUT2D eigenvalue weighted by Gasteiger charge is 2.34. The molecule has 0 bridgehead atoms. The maximum absolute atomic E-state index is 13.5. The third kappa shape index (κ3) is 3.70. The Hall–Kier alpha value is -2.77. The van der Waals surface area contributed by atoms with Crippen LogP contribution in [0.4, 0.5) is 10.2 Å². The number of hydrogen-bond donors (Lipinski definition) is 1. The van der Waals surface area contributed by atoms with Crippen molar-refractivity contribution < 1.29 is 17.6 Å². The van der Waals surface area contributed by atoms with Crippen LogP contribution < -0.4 is 9.62 Å². The summed E-state index contributed by atoms with van der Waals surface area (Å²) >= 11 is 0. The van der Waals surface area contributed by atoms with Crippen LogP contribution in [0.1, 0.15) is 24.1 Å². The molecular formula is C17H18FN5O3S. The highest BCUT2D eigenvalue weighted by atomic mass is 32.2. The van der Waals surface area contributed by atoms with Gasteiger partial charge in [0.2, 0.25) is 15.9 Å². The molecule has 1 amide bonds. The van der Waals surface area contributed by atoms with Crippen LogP contribution in [0.2, 0.25) is 0 Å². The number of rotatable bonds is 4. The molecule has 1 aromatic carbocycles. The van der Waals surface area contributed by atoms with E-state index in [0.29, 0.717) is 25.2 Å². The second kappa shape index (κ2) is 7.09. The molecule has 0 spiro atoms. The highest BCUT2D eigenvalue weighted by Crippen LogP contribution is 2.23. The molecule has 1 aromatic heterocycles. The van der Waals surface area contributed by atoms with Gasteiger partial charge in [-0.25, -0.2) is 12.8 Å². The van der Waals surface area contributed by atoms with Crippen LogP contribution >= 0.6 is 0 Å². The summed E-state index contributed by atoms with van der Waals surface area (Å²) in [5.41, 5.74) is 0.373. The predicted octanol–water partition coefficient (Wildman–Crippen LogP) is 1.21. The van der Waals surface area contributed by atoms with Crippen molar-refractivity contribution in [2.45, 2.75) is 30.7 Å². The zero-order valence-corrected chi connectivity index (χ0v) is 15.6. The Balaban J connectivity index is 1.85. The standard InChI is InChI=1S/C17H18FN5O3S/c1-11-8-16(22(2)20-11)23-7-3-4-15(17(23)24)21-27(25,26)13-5-6-14(18)12(9-13)10-19/h5-6,8-9,15,21H,3-4,7H2,1-2H3/t15-/m0/s1. The Morgan fingerprint density at radius 1 is 1.37 bits per heavy atom. The SMILES string of the molecule is Cc1cc(N2CCC[C@H](NS(=O)(=O)c3ccc(F)c(C#N)c3)C2=O)n(C)n1. The molecule has 2 aromatic rings. The number of carbonyl (C=O) groups is 1. The van der Waals surface area contributed by atoms with Crippen LogP contribution in [0.25, 0.3) is 0 Å². The van der Waals surface area contributed by atoms with E-state index in [4.69, 9.17) is 5.26 Å². The number of anilines is 1. The summed E-state index contributed by atoms with van der Waals surface area (Å²) in [6.07, 6.45) is 0.952. The lowest BCUT2D eigenvalue weighted by Crippen LogP contribution is -2.52. The smallest absolute Gasteiger partial charge is 0.246 e. The van der Waals surface area contributed by atoms with E-state index in [0.717, 1.165) is 23.9 Å². The van der Waals surface area contributed by atoms with Crippen molar-refractivity contribution in [2.24, 2.45) is 7.05 Å². The number of amides is 1. The number of carbonyl (C=O) groups excluding carboxylic acids is 1. The van der Waals surface area contributed by atoms with Gasteiger partial charge in [-0.2, -0.15) is 15.1 Å². The molecule has 0 saturated carbocycles. The molecule has 1 atom stereocenters. The van der Waals surface area contributed by atoms with Crippen molar-refractivity contribution in [1.29, 1.82) is 5.26 Å². The monoisotopic (exact) mass is 391 g/mol. The first-order valence-corrected chi connectivity index (χ1v) is 9.75. The number of aromatic nitrogens is 2. The Bertz CT molecular complexity index is 1040. The number of nitriles is 1. The lowest BCUT2D eigenvalue weighted by molar-refractivity contribution is -0.121. The van der Waals surface area contributed by atoms with Gasteiger partial charge in [0.05, 0.1) is 16.2 Å². The van der Waals surface area contributed by atoms with E-state index in [9.17, 15) is 17.6 Å². The van der Waals surface area contributed by atoms with Crippen molar-refractivity contribution in [1.82, 2.24) is 14.5 Å². The normalized spacial score (nSPS) is 17.8. The lowest BCUT2D eigenvalue weighted by Gasteiger charge is -2.32. The van der Waals surface area contributed by atoms with Gasteiger partial charge >= 0.3 is 0 Å². The molecule has 1 saturated heterocycles. The van der Waals surface area contributed by atoms with Gasteiger partial charge in [-0.05, 0) is 38.0 Å². The largest absolute Gasteiger partial charge is 0.296 e. The minimum Gasteiger partial charge on any atom is -0.296 e. The summed E-state index contributed by atoms with van der Waals surface area (Å²) in [4.78, 5) is 14.1. The fourth-order valence-corrected chi connectivity index (χ4v) is 4.32. The molecule has 1 aliphatic rings. The van der Waals surface area contributed by atoms with Gasteiger partial charge < -0.3 is 0 Å². The molecule has 10 heteroatoms. The third-order valence-electron chi connectivity index (χ3n) is 4.36. The Kier molecular flexibility index (Phi) is 4.99. The van der Waals surface area contributed by atoms with Crippen LogP contribution in [0.15, 0.2) is 29.2 Å². The second-order valence-corrected chi connectivity index (χ2v) is 8.04. The number of sulfonamides is 1. The fraction of sp³-hybridized carbons (Fsp3) is 0.353. The van der Waals surface area contributed by atoms with Gasteiger partial charge in [0.1, 0.15) is 23.7 Å². The molecule has 27 heavy (non-hydrogen) atoms. The van der Waals surface area contributed by atoms with Gasteiger partial charge in [-0.15, -0.1) is 0 Å². The minimum atomic E-state index is -4.09. The van der Waals surface area contributed by atoms with E-state index in [1.54, 1.807) is 30.8 Å². The molecule has 0 radical (unpaired) electrons. The van der Waals surface area contributed by atoms with E-state index in [-0.39, 0.29) is 16.4 Å². The summed E-state index contributed by atoms with van der Waals surface area (Å²) in [5, 5.41) is 13.1. The van der Waals surface area contributed by atoms with Crippen LogP contribution in [-0.4, -0.2) is 36.7 Å². The van der Waals surface area contributed by atoms with Crippen LogP contribution in [0, 0.1) is 24.1 Å². The maximum Gasteiger partial charge on any atom is 0.246 e. The number of benzene rings is 1. The maximum atomic E-state index is 13.5. The van der Waals surface area contributed by atoms with Crippen molar-refractivity contribution in [2.75, 3.05) is 11.4 Å². The van der Waals surface area contributed by atoms with E-state index >= 15 is 0 Å². The zero-order chi connectivity index (χ0) is 19.8. The van der Waals surface area contributed by atoms with Gasteiger partial charge in [0.15, 0.2) is 0 Å². The summed E-state index contributed by atoms with van der Waals surface area (Å²) in [6, 6.07) is 5.35. The molecule has 1 N–H and O–H groups in total. The lowest BCUT2D eigenvalue weighted by atomic mass is 10.1. The molecule has 142 valence electrons. The van der Waals surface area contributed by atoms with Gasteiger partial charge in [-0.3, -0.25) is 14.4 Å². The number of piperidine rings is 1. The summed E-state index contributed by atoms with van der Waals surface area (Å²) in [6.45, 7) is 2.27. The van der Waals surface area contributed by atoms with E-state index in [1.807, 2.05) is 0 Å². The Morgan fingerprint density at radius 3 is 2.74 bits per heavy atom. The number of nitrogens with one attached hydrogen (secondary N) is 1. The van der Waals surface area contributed by atoms with Crippen molar-refractivity contribution >= 4 is 21.7 Å². The van der Waals surface area contributed by atoms with Gasteiger partial charge in [0.25, 0.3) is 0 Å².